The third kappa shape index (κ3) is 3.29. The molecule has 25 heavy (non-hydrogen) atoms. The van der Waals surface area contributed by atoms with Crippen LogP contribution in [0.2, 0.25) is 0 Å². The van der Waals surface area contributed by atoms with Gasteiger partial charge in [-0.05, 0) is 30.0 Å². The van der Waals surface area contributed by atoms with E-state index >= 15 is 0 Å². The largest absolute Gasteiger partial charge is 0.497 e. The summed E-state index contributed by atoms with van der Waals surface area (Å²) in [5, 5.41) is 9.62. The lowest BCUT2D eigenvalue weighted by Crippen LogP contribution is -2.10. The summed E-state index contributed by atoms with van der Waals surface area (Å²) >= 11 is 1.23. The van der Waals surface area contributed by atoms with Gasteiger partial charge in [0, 0.05) is 0 Å². The molecular weight excluding hydrogens is 346 g/mol. The van der Waals surface area contributed by atoms with Crippen LogP contribution in [0.5, 0.6) is 11.5 Å². The fourth-order valence-electron chi connectivity index (χ4n) is 2.25. The number of anilines is 1. The molecule has 0 atom stereocenters. The lowest BCUT2D eigenvalue weighted by Gasteiger charge is -2.10. The van der Waals surface area contributed by atoms with E-state index in [0.717, 1.165) is 4.90 Å². The second-order valence-electron chi connectivity index (χ2n) is 4.92. The number of nitrogen functional groups attached to an aromatic ring is 1. The Hall–Kier alpha value is -3.01. The fraction of sp³-hybridized carbons (Fsp3) is 0.200. The van der Waals surface area contributed by atoms with Gasteiger partial charge < -0.3 is 20.3 Å². The van der Waals surface area contributed by atoms with Crippen molar-refractivity contribution in [3.8, 4) is 11.5 Å². The highest BCUT2D eigenvalue weighted by Gasteiger charge is 2.19. The Labute approximate surface area is 146 Å². The Morgan fingerprint density at radius 2 is 2.12 bits per heavy atom. The number of methoxy groups -OCH3 is 2. The number of aromatic nitrogens is 4. The van der Waals surface area contributed by atoms with Crippen LogP contribution in [0, 0.1) is 0 Å². The van der Waals surface area contributed by atoms with Gasteiger partial charge in [-0.1, -0.05) is 0 Å². The normalized spacial score (nSPS) is 10.8. The molecule has 0 amide bonds. The van der Waals surface area contributed by atoms with E-state index in [1.165, 1.54) is 22.7 Å². The zero-order chi connectivity index (χ0) is 18.0. The third-order valence-corrected chi connectivity index (χ3v) is 4.42. The Balaban J connectivity index is 2.12. The van der Waals surface area contributed by atoms with E-state index in [9.17, 15) is 9.90 Å². The van der Waals surface area contributed by atoms with Gasteiger partial charge in [0.2, 0.25) is 0 Å². The summed E-state index contributed by atoms with van der Waals surface area (Å²) < 4.78 is 12.1. The average molecular weight is 361 g/mol. The van der Waals surface area contributed by atoms with Crippen molar-refractivity contribution in [2.24, 2.45) is 0 Å². The summed E-state index contributed by atoms with van der Waals surface area (Å²) in [5.74, 6) is 0.423. The zero-order valence-corrected chi connectivity index (χ0v) is 14.3. The molecule has 10 heteroatoms. The number of carboxylic acid groups (broad SMARTS) is 1. The van der Waals surface area contributed by atoms with Crippen molar-refractivity contribution in [1.82, 2.24) is 19.5 Å². The Morgan fingerprint density at radius 3 is 2.80 bits per heavy atom. The molecule has 0 radical (unpaired) electrons. The van der Waals surface area contributed by atoms with Gasteiger partial charge in [-0.3, -0.25) is 9.36 Å². The molecule has 2 heterocycles. The number of nitrogens with zero attached hydrogens (tertiary/aromatic N) is 4. The van der Waals surface area contributed by atoms with Crippen LogP contribution in [0.25, 0.3) is 11.2 Å². The topological polar surface area (TPSA) is 125 Å². The van der Waals surface area contributed by atoms with E-state index in [2.05, 4.69) is 15.0 Å². The minimum atomic E-state index is -1.02. The van der Waals surface area contributed by atoms with Crippen molar-refractivity contribution in [3.63, 3.8) is 0 Å². The highest BCUT2D eigenvalue weighted by Crippen LogP contribution is 2.38. The molecule has 3 aromatic rings. The molecule has 0 saturated carbocycles. The summed E-state index contributed by atoms with van der Waals surface area (Å²) in [4.78, 5) is 24.4. The maximum atomic E-state index is 11.2. The van der Waals surface area contributed by atoms with Gasteiger partial charge in [0.25, 0.3) is 0 Å². The van der Waals surface area contributed by atoms with Crippen molar-refractivity contribution in [3.05, 3.63) is 24.5 Å². The van der Waals surface area contributed by atoms with Crippen molar-refractivity contribution in [2.45, 2.75) is 16.6 Å². The second kappa shape index (κ2) is 6.85. The fourth-order valence-corrected chi connectivity index (χ4v) is 3.27. The molecule has 0 spiro atoms. The summed E-state index contributed by atoms with van der Waals surface area (Å²) in [5.41, 5.74) is 6.55. The molecule has 3 rings (SSSR count). The SMILES string of the molecule is COc1ccc(OC)c(Sc2nc3c(N)ncnc3n2CC(=O)O)c1. The first-order valence-corrected chi connectivity index (χ1v) is 7.93. The van der Waals surface area contributed by atoms with Crippen LogP contribution in [0.3, 0.4) is 0 Å². The average Bonchev–Trinajstić information content (AvgIpc) is 2.93. The minimum Gasteiger partial charge on any atom is -0.497 e. The van der Waals surface area contributed by atoms with Crippen LogP contribution in [0.15, 0.2) is 34.6 Å². The van der Waals surface area contributed by atoms with Crippen LogP contribution in [0.1, 0.15) is 0 Å². The smallest absolute Gasteiger partial charge is 0.323 e. The minimum absolute atomic E-state index is 0.189. The van der Waals surface area contributed by atoms with Crippen molar-refractivity contribution in [1.29, 1.82) is 0 Å². The number of benzene rings is 1. The number of aliphatic carboxylic acids is 1. The number of fused-ring (bicyclic) bond motifs is 1. The maximum Gasteiger partial charge on any atom is 0.323 e. The van der Waals surface area contributed by atoms with Gasteiger partial charge in [-0.15, -0.1) is 0 Å². The van der Waals surface area contributed by atoms with Crippen LogP contribution < -0.4 is 15.2 Å². The van der Waals surface area contributed by atoms with Crippen LogP contribution >= 0.6 is 11.8 Å². The maximum absolute atomic E-state index is 11.2. The quantitative estimate of drug-likeness (QED) is 0.674. The zero-order valence-electron chi connectivity index (χ0n) is 13.5. The van der Waals surface area contributed by atoms with E-state index in [-0.39, 0.29) is 12.4 Å². The monoisotopic (exact) mass is 361 g/mol. The van der Waals surface area contributed by atoms with Gasteiger partial charge >= 0.3 is 5.97 Å². The van der Waals surface area contributed by atoms with Crippen LogP contribution in [0.4, 0.5) is 5.82 Å². The molecule has 2 aromatic heterocycles. The first-order valence-electron chi connectivity index (χ1n) is 7.12. The molecule has 0 bridgehead atoms. The van der Waals surface area contributed by atoms with Gasteiger partial charge in [0.05, 0.1) is 19.1 Å². The van der Waals surface area contributed by atoms with Crippen molar-refractivity contribution >= 4 is 34.7 Å². The molecule has 9 nitrogen and oxygen atoms in total. The lowest BCUT2D eigenvalue weighted by molar-refractivity contribution is -0.137. The Bertz CT molecular complexity index is 943. The van der Waals surface area contributed by atoms with Crippen molar-refractivity contribution in [2.75, 3.05) is 20.0 Å². The van der Waals surface area contributed by atoms with Crippen LogP contribution in [-0.2, 0) is 11.3 Å². The summed E-state index contributed by atoms with van der Waals surface area (Å²) in [6.07, 6.45) is 1.28. The number of hydrogen-bond donors (Lipinski definition) is 2. The lowest BCUT2D eigenvalue weighted by atomic mass is 10.3. The Morgan fingerprint density at radius 1 is 1.32 bits per heavy atom. The molecule has 0 aliphatic heterocycles. The molecular formula is C15H15N5O4S. The third-order valence-electron chi connectivity index (χ3n) is 3.39. The van der Waals surface area contributed by atoms with E-state index in [0.29, 0.717) is 27.8 Å². The number of ether oxygens (including phenoxy) is 2. The van der Waals surface area contributed by atoms with Crippen LogP contribution in [-0.4, -0.2) is 44.8 Å². The van der Waals surface area contributed by atoms with E-state index in [1.54, 1.807) is 32.4 Å². The first-order chi connectivity index (χ1) is 12.0. The molecule has 0 aliphatic carbocycles. The van der Waals surface area contributed by atoms with Gasteiger partial charge in [0.15, 0.2) is 22.1 Å². The molecule has 0 unspecified atom stereocenters. The molecule has 1 aromatic carbocycles. The molecule has 0 fully saturated rings. The molecule has 0 aliphatic rings. The molecule has 0 saturated heterocycles. The predicted molar refractivity (Wildman–Crippen MR) is 91.0 cm³/mol. The van der Waals surface area contributed by atoms with E-state index in [4.69, 9.17) is 15.2 Å². The first kappa shape index (κ1) is 16.8. The highest BCUT2D eigenvalue weighted by molar-refractivity contribution is 7.99. The standard InChI is InChI=1S/C15H15N5O4S/c1-23-8-3-4-9(24-2)10(5-8)25-15-19-12-13(16)17-7-18-14(12)20(15)6-11(21)22/h3-5,7H,6H2,1-2H3,(H,21,22)(H2,16,17,18). The van der Waals surface area contributed by atoms with Gasteiger partial charge in [-0.2, -0.15) is 0 Å². The number of imidazole rings is 1. The van der Waals surface area contributed by atoms with E-state index < -0.39 is 5.97 Å². The van der Waals surface area contributed by atoms with E-state index in [1.807, 2.05) is 0 Å². The Kier molecular flexibility index (Phi) is 4.61. The molecule has 3 N–H and O–H groups in total. The number of carboxylic acids is 1. The summed E-state index contributed by atoms with van der Waals surface area (Å²) in [7, 11) is 3.11. The van der Waals surface area contributed by atoms with Gasteiger partial charge in [-0.25, -0.2) is 15.0 Å². The number of rotatable bonds is 6. The number of carbonyl (C=O) groups is 1. The van der Waals surface area contributed by atoms with Gasteiger partial charge in [0.1, 0.15) is 24.4 Å². The summed E-state index contributed by atoms with van der Waals surface area (Å²) in [6, 6.07) is 5.31. The second-order valence-corrected chi connectivity index (χ2v) is 5.93. The highest BCUT2D eigenvalue weighted by atomic mass is 32.2. The predicted octanol–water partition coefficient (Wildman–Crippen LogP) is 1.66. The summed E-state index contributed by atoms with van der Waals surface area (Å²) in [6.45, 7) is -0.304. The molecule has 130 valence electrons. The van der Waals surface area contributed by atoms with Crippen molar-refractivity contribution < 1.29 is 19.4 Å². The number of hydrogen-bond acceptors (Lipinski definition) is 8. The number of nitrogens with two attached hydrogens (primary N) is 1.